The molecule has 3 rings (SSSR count). The Morgan fingerprint density at radius 1 is 1.19 bits per heavy atom. The average molecular weight is 400 g/mol. The molecule has 7 heteroatoms. The highest BCUT2D eigenvalue weighted by Crippen LogP contribution is 2.28. The molecule has 0 saturated carbocycles. The minimum atomic E-state index is -0.311. The molecule has 138 valence electrons. The normalized spacial score (nSPS) is 11.1. The first kappa shape index (κ1) is 19.1. The minimum absolute atomic E-state index is 0.270. The number of hydrazone groups is 1. The number of aromatic nitrogens is 1. The third-order valence-corrected chi connectivity index (χ3v) is 5.44. The van der Waals surface area contributed by atoms with Gasteiger partial charge in [0, 0.05) is 10.6 Å². The van der Waals surface area contributed by atoms with Crippen molar-refractivity contribution in [3.63, 3.8) is 0 Å². The maximum atomic E-state index is 12.4. The highest BCUT2D eigenvalue weighted by atomic mass is 35.5. The molecule has 0 radical (unpaired) electrons. The topological polar surface area (TPSA) is 74.6 Å². The number of phenolic OH excluding ortho intramolecular Hbond substituents is 1. The van der Waals surface area contributed by atoms with Crippen molar-refractivity contribution in [1.82, 2.24) is 10.4 Å². The van der Waals surface area contributed by atoms with E-state index in [1.165, 1.54) is 11.3 Å². The van der Waals surface area contributed by atoms with Crippen molar-refractivity contribution in [1.29, 1.82) is 0 Å². The van der Waals surface area contributed by atoms with E-state index in [1.54, 1.807) is 37.4 Å². The second kappa shape index (κ2) is 7.90. The third kappa shape index (κ3) is 4.35. The van der Waals surface area contributed by atoms with Gasteiger partial charge in [-0.05, 0) is 61.7 Å². The number of nitrogens with one attached hydrogen (secondary N) is 1. The fourth-order valence-electron chi connectivity index (χ4n) is 2.60. The molecule has 27 heavy (non-hydrogen) atoms. The number of hydrogen-bond acceptors (Lipinski definition) is 5. The van der Waals surface area contributed by atoms with E-state index in [-0.39, 0.29) is 11.7 Å². The fraction of sp³-hybridized carbons (Fsp3) is 0.150. The number of carbonyl (C=O) groups excluding carboxylic acids is 1. The smallest absolute Gasteiger partial charge is 0.283 e. The molecule has 1 heterocycles. The minimum Gasteiger partial charge on any atom is -0.507 e. The van der Waals surface area contributed by atoms with Crippen molar-refractivity contribution in [2.75, 3.05) is 0 Å². The molecule has 3 aromatic rings. The summed E-state index contributed by atoms with van der Waals surface area (Å²) in [7, 11) is 0. The molecule has 0 aliphatic heterocycles. The molecule has 0 bridgehead atoms. The first-order chi connectivity index (χ1) is 12.8. The van der Waals surface area contributed by atoms with Crippen LogP contribution < -0.4 is 5.43 Å². The second-order valence-electron chi connectivity index (χ2n) is 6.14. The number of rotatable bonds is 4. The van der Waals surface area contributed by atoms with Crippen molar-refractivity contribution in [2.45, 2.75) is 20.8 Å². The summed E-state index contributed by atoms with van der Waals surface area (Å²) in [5.74, 6) is -0.0418. The quantitative estimate of drug-likeness (QED) is 0.486. The molecule has 0 aliphatic carbocycles. The number of carbonyl (C=O) groups is 1. The molecule has 0 spiro atoms. The molecule has 1 aromatic heterocycles. The fourth-order valence-corrected chi connectivity index (χ4v) is 3.69. The van der Waals surface area contributed by atoms with Crippen molar-refractivity contribution in [3.05, 3.63) is 68.7 Å². The largest absolute Gasteiger partial charge is 0.507 e. The monoisotopic (exact) mass is 399 g/mol. The van der Waals surface area contributed by atoms with Gasteiger partial charge in [-0.1, -0.05) is 23.7 Å². The van der Waals surface area contributed by atoms with Crippen LogP contribution in [-0.4, -0.2) is 22.2 Å². The molecular weight excluding hydrogens is 382 g/mol. The molecule has 2 N–H and O–H groups in total. The Kier molecular flexibility index (Phi) is 5.58. The maximum Gasteiger partial charge on any atom is 0.283 e. The number of amides is 1. The number of thiazole rings is 1. The van der Waals surface area contributed by atoms with Crippen LogP contribution in [0, 0.1) is 20.8 Å². The summed E-state index contributed by atoms with van der Waals surface area (Å²) in [5, 5.41) is 15.2. The van der Waals surface area contributed by atoms with Crippen molar-refractivity contribution < 1.29 is 9.90 Å². The van der Waals surface area contributed by atoms with Gasteiger partial charge in [-0.25, -0.2) is 10.4 Å². The number of benzene rings is 2. The van der Waals surface area contributed by atoms with Crippen LogP contribution in [0.3, 0.4) is 0 Å². The third-order valence-electron chi connectivity index (χ3n) is 3.99. The van der Waals surface area contributed by atoms with Gasteiger partial charge in [0.2, 0.25) is 0 Å². The first-order valence-electron chi connectivity index (χ1n) is 8.22. The van der Waals surface area contributed by atoms with E-state index in [0.29, 0.717) is 15.6 Å². The van der Waals surface area contributed by atoms with Crippen LogP contribution in [0.25, 0.3) is 10.6 Å². The van der Waals surface area contributed by atoms with Crippen molar-refractivity contribution >= 4 is 35.1 Å². The highest BCUT2D eigenvalue weighted by molar-refractivity contribution is 7.17. The van der Waals surface area contributed by atoms with E-state index in [9.17, 15) is 9.90 Å². The van der Waals surface area contributed by atoms with Crippen LogP contribution in [0.2, 0.25) is 5.02 Å². The summed E-state index contributed by atoms with van der Waals surface area (Å²) < 4.78 is 0. The van der Waals surface area contributed by atoms with Crippen LogP contribution in [0.5, 0.6) is 5.75 Å². The van der Waals surface area contributed by atoms with E-state index in [4.69, 9.17) is 11.6 Å². The predicted octanol–water partition coefficient (Wildman–Crippen LogP) is 4.86. The number of aryl methyl sites for hydroxylation is 3. The van der Waals surface area contributed by atoms with E-state index in [2.05, 4.69) is 15.5 Å². The van der Waals surface area contributed by atoms with Gasteiger partial charge in [0.25, 0.3) is 5.91 Å². The van der Waals surface area contributed by atoms with Gasteiger partial charge in [-0.15, -0.1) is 11.3 Å². The van der Waals surface area contributed by atoms with Crippen molar-refractivity contribution in [2.24, 2.45) is 5.10 Å². The summed E-state index contributed by atoms with van der Waals surface area (Å²) in [4.78, 5) is 17.4. The van der Waals surface area contributed by atoms with E-state index in [0.717, 1.165) is 27.3 Å². The Morgan fingerprint density at radius 2 is 1.81 bits per heavy atom. The molecular formula is C20H18ClN3O2S. The van der Waals surface area contributed by atoms with Gasteiger partial charge in [0.05, 0.1) is 11.9 Å². The van der Waals surface area contributed by atoms with Crippen LogP contribution in [0.4, 0.5) is 0 Å². The van der Waals surface area contributed by atoms with Gasteiger partial charge in [0.1, 0.15) is 15.6 Å². The zero-order valence-electron chi connectivity index (χ0n) is 15.1. The summed E-state index contributed by atoms with van der Waals surface area (Å²) >= 11 is 7.22. The van der Waals surface area contributed by atoms with Gasteiger partial charge in [0.15, 0.2) is 0 Å². The zero-order chi connectivity index (χ0) is 19.6. The molecule has 2 aromatic carbocycles. The molecule has 0 unspecified atom stereocenters. The summed E-state index contributed by atoms with van der Waals surface area (Å²) in [6, 6.07) is 10.9. The van der Waals surface area contributed by atoms with Crippen LogP contribution >= 0.6 is 22.9 Å². The Morgan fingerprint density at radius 3 is 2.44 bits per heavy atom. The van der Waals surface area contributed by atoms with Gasteiger partial charge in [-0.3, -0.25) is 4.79 Å². The van der Waals surface area contributed by atoms with Crippen LogP contribution in [0.1, 0.15) is 32.1 Å². The lowest BCUT2D eigenvalue weighted by atomic mass is 10.1. The second-order valence-corrected chi connectivity index (χ2v) is 7.58. The summed E-state index contributed by atoms with van der Waals surface area (Å²) in [5.41, 5.74) is 6.40. The average Bonchev–Trinajstić information content (AvgIpc) is 3.02. The van der Waals surface area contributed by atoms with Gasteiger partial charge >= 0.3 is 0 Å². The Bertz CT molecular complexity index is 1000. The van der Waals surface area contributed by atoms with Crippen LogP contribution in [-0.2, 0) is 0 Å². The predicted molar refractivity (Wildman–Crippen MR) is 110 cm³/mol. The number of halogens is 1. The lowest BCUT2D eigenvalue weighted by Crippen LogP contribution is -2.17. The molecule has 1 amide bonds. The molecule has 0 fully saturated rings. The first-order valence-corrected chi connectivity index (χ1v) is 9.41. The Balaban J connectivity index is 1.74. The van der Waals surface area contributed by atoms with Gasteiger partial charge in [-0.2, -0.15) is 5.10 Å². The highest BCUT2D eigenvalue weighted by Gasteiger charge is 2.15. The lowest BCUT2D eigenvalue weighted by Gasteiger charge is -2.04. The van der Waals surface area contributed by atoms with E-state index >= 15 is 0 Å². The van der Waals surface area contributed by atoms with E-state index in [1.807, 2.05) is 26.0 Å². The Hall–Kier alpha value is -2.70. The number of phenols is 1. The molecule has 0 atom stereocenters. The molecule has 5 nitrogen and oxygen atoms in total. The standard InChI is InChI=1S/C20H18ClN3O2S/c1-11-8-14(9-12(2)17(11)25)10-22-24-19(26)18-13(3)23-20(27-18)15-4-6-16(21)7-5-15/h4-10,25H,1-3H3,(H,24,26)/b22-10+. The molecule has 0 saturated heterocycles. The summed E-state index contributed by atoms with van der Waals surface area (Å²) in [6.45, 7) is 5.43. The van der Waals surface area contributed by atoms with E-state index < -0.39 is 0 Å². The van der Waals surface area contributed by atoms with Crippen LogP contribution in [0.15, 0.2) is 41.5 Å². The number of hydrogen-bond donors (Lipinski definition) is 2. The lowest BCUT2D eigenvalue weighted by molar-refractivity contribution is 0.0958. The number of aromatic hydroxyl groups is 1. The SMILES string of the molecule is Cc1cc(/C=N/NC(=O)c2sc(-c3ccc(Cl)cc3)nc2C)cc(C)c1O. The molecule has 0 aliphatic rings. The summed E-state index contributed by atoms with van der Waals surface area (Å²) in [6.07, 6.45) is 1.55. The van der Waals surface area contributed by atoms with Gasteiger partial charge < -0.3 is 5.11 Å². The number of nitrogens with zero attached hydrogens (tertiary/aromatic N) is 2. The Labute approximate surface area is 166 Å². The zero-order valence-corrected chi connectivity index (χ0v) is 16.6. The van der Waals surface area contributed by atoms with Crippen molar-refractivity contribution in [3.8, 4) is 16.3 Å². The maximum absolute atomic E-state index is 12.4.